The second-order valence-electron chi connectivity index (χ2n) is 4.26. The number of hydrogen-bond donors (Lipinski definition) is 0. The third kappa shape index (κ3) is 3.91. The number of rotatable bonds is 3. The molecular weight excluding hydrogens is 228 g/mol. The van der Waals surface area contributed by atoms with E-state index in [9.17, 15) is 4.79 Å². The second-order valence-corrected chi connectivity index (χ2v) is 4.26. The Bertz CT molecular complexity index is 408. The zero-order chi connectivity index (χ0) is 14.3. The highest BCUT2D eigenvalue weighted by molar-refractivity contribution is 5.67. The molecule has 0 N–H and O–H groups in total. The number of benzene rings is 1. The molecule has 1 rings (SSSR count). The van der Waals surface area contributed by atoms with E-state index in [4.69, 9.17) is 9.47 Å². The predicted octanol–water partition coefficient (Wildman–Crippen LogP) is 3.60. The van der Waals surface area contributed by atoms with Gasteiger partial charge in [0.05, 0.1) is 7.11 Å². The van der Waals surface area contributed by atoms with Crippen LogP contribution in [-0.4, -0.2) is 13.1 Å². The van der Waals surface area contributed by atoms with Crippen molar-refractivity contribution in [3.63, 3.8) is 0 Å². The van der Waals surface area contributed by atoms with Crippen molar-refractivity contribution in [3.05, 3.63) is 42.5 Å². The molecule has 0 aliphatic rings. The van der Waals surface area contributed by atoms with E-state index >= 15 is 0 Å². The highest BCUT2D eigenvalue weighted by Crippen LogP contribution is 2.35. The summed E-state index contributed by atoms with van der Waals surface area (Å²) in [5.74, 6) is 0.446. The van der Waals surface area contributed by atoms with Crippen LogP contribution in [0.2, 0.25) is 0 Å². The molecule has 18 heavy (non-hydrogen) atoms. The van der Waals surface area contributed by atoms with Crippen LogP contribution in [0.15, 0.2) is 31.4 Å². The summed E-state index contributed by atoms with van der Waals surface area (Å²) in [5.41, 5.74) is 1.28. The van der Waals surface area contributed by atoms with Crippen molar-refractivity contribution in [1.29, 1.82) is 0 Å². The third-order valence-electron chi connectivity index (χ3n) is 2.46. The van der Waals surface area contributed by atoms with Gasteiger partial charge in [0.1, 0.15) is 11.4 Å². The van der Waals surface area contributed by atoms with Crippen LogP contribution in [0.3, 0.4) is 0 Å². The molecule has 0 amide bonds. The summed E-state index contributed by atoms with van der Waals surface area (Å²) < 4.78 is 10.6. The molecule has 1 aromatic rings. The summed E-state index contributed by atoms with van der Waals surface area (Å²) in [5, 5.41) is 0. The van der Waals surface area contributed by atoms with Crippen molar-refractivity contribution in [2.24, 2.45) is 0 Å². The standard InChI is InChI=1S/C13H18O3.C2H4/c1-9-7-6-8-11(15-5)12(9)13(3,4)16-10(2)14;1-2/h6-8H,1-5H3;1-2H2. The molecular formula is C15H22O3. The van der Waals surface area contributed by atoms with Crippen LogP contribution in [0.5, 0.6) is 5.75 Å². The second kappa shape index (κ2) is 6.84. The first-order valence-electron chi connectivity index (χ1n) is 5.72. The van der Waals surface area contributed by atoms with E-state index in [1.165, 1.54) is 6.92 Å². The molecule has 0 aliphatic heterocycles. The highest BCUT2D eigenvalue weighted by atomic mass is 16.6. The molecule has 1 aromatic carbocycles. The first-order chi connectivity index (χ1) is 8.38. The zero-order valence-corrected chi connectivity index (χ0v) is 11.9. The van der Waals surface area contributed by atoms with Crippen molar-refractivity contribution >= 4 is 5.97 Å². The van der Waals surface area contributed by atoms with E-state index in [2.05, 4.69) is 13.2 Å². The molecule has 0 spiro atoms. The molecule has 3 nitrogen and oxygen atoms in total. The van der Waals surface area contributed by atoms with E-state index in [0.717, 1.165) is 16.9 Å². The van der Waals surface area contributed by atoms with Crippen LogP contribution in [-0.2, 0) is 15.1 Å². The summed E-state index contributed by atoms with van der Waals surface area (Å²) in [6.45, 7) is 13.1. The lowest BCUT2D eigenvalue weighted by molar-refractivity contribution is -0.154. The van der Waals surface area contributed by atoms with Gasteiger partial charge in [-0.05, 0) is 32.4 Å². The smallest absolute Gasteiger partial charge is 0.303 e. The SMILES string of the molecule is C=C.COc1cccc(C)c1C(C)(C)OC(C)=O. The Balaban J connectivity index is 0.00000137. The van der Waals surface area contributed by atoms with Crippen molar-refractivity contribution in [2.75, 3.05) is 7.11 Å². The lowest BCUT2D eigenvalue weighted by Crippen LogP contribution is -2.26. The normalized spacial score (nSPS) is 10.1. The molecule has 0 heterocycles. The van der Waals surface area contributed by atoms with E-state index in [1.807, 2.05) is 39.0 Å². The predicted molar refractivity (Wildman–Crippen MR) is 73.8 cm³/mol. The molecule has 0 fully saturated rings. The maximum atomic E-state index is 11.1. The molecule has 0 bridgehead atoms. The lowest BCUT2D eigenvalue weighted by atomic mass is 9.92. The molecule has 3 heteroatoms. The molecule has 0 aliphatic carbocycles. The number of esters is 1. The minimum Gasteiger partial charge on any atom is -0.496 e. The van der Waals surface area contributed by atoms with Gasteiger partial charge in [-0.15, -0.1) is 13.2 Å². The van der Waals surface area contributed by atoms with E-state index < -0.39 is 5.60 Å². The van der Waals surface area contributed by atoms with Gasteiger partial charge in [-0.25, -0.2) is 0 Å². The lowest BCUT2D eigenvalue weighted by Gasteiger charge is -2.28. The van der Waals surface area contributed by atoms with Gasteiger partial charge in [-0.2, -0.15) is 0 Å². The van der Waals surface area contributed by atoms with Crippen molar-refractivity contribution in [2.45, 2.75) is 33.3 Å². The van der Waals surface area contributed by atoms with Crippen LogP contribution in [0.25, 0.3) is 0 Å². The van der Waals surface area contributed by atoms with Gasteiger partial charge in [0.2, 0.25) is 0 Å². The number of carbonyl (C=O) groups is 1. The van der Waals surface area contributed by atoms with Crippen LogP contribution < -0.4 is 4.74 Å². The van der Waals surface area contributed by atoms with Crippen LogP contribution in [0.4, 0.5) is 0 Å². The van der Waals surface area contributed by atoms with Crippen molar-refractivity contribution in [1.82, 2.24) is 0 Å². The van der Waals surface area contributed by atoms with E-state index in [1.54, 1.807) is 7.11 Å². The van der Waals surface area contributed by atoms with Gasteiger partial charge in [-0.3, -0.25) is 4.79 Å². The summed E-state index contributed by atoms with van der Waals surface area (Å²) in [7, 11) is 1.61. The molecule has 0 radical (unpaired) electrons. The van der Waals surface area contributed by atoms with Gasteiger partial charge in [0, 0.05) is 12.5 Å². The van der Waals surface area contributed by atoms with Crippen molar-refractivity contribution in [3.8, 4) is 5.75 Å². The Kier molecular flexibility index (Phi) is 6.17. The highest BCUT2D eigenvalue weighted by Gasteiger charge is 2.29. The zero-order valence-electron chi connectivity index (χ0n) is 11.9. The fourth-order valence-corrected chi connectivity index (χ4v) is 1.99. The van der Waals surface area contributed by atoms with E-state index in [0.29, 0.717) is 0 Å². The summed E-state index contributed by atoms with van der Waals surface area (Å²) in [4.78, 5) is 11.1. The van der Waals surface area contributed by atoms with Gasteiger partial charge < -0.3 is 9.47 Å². The first-order valence-corrected chi connectivity index (χ1v) is 5.72. The number of hydrogen-bond acceptors (Lipinski definition) is 3. The van der Waals surface area contributed by atoms with Gasteiger partial charge >= 0.3 is 5.97 Å². The van der Waals surface area contributed by atoms with Crippen molar-refractivity contribution < 1.29 is 14.3 Å². The Morgan fingerprint density at radius 1 is 1.28 bits per heavy atom. The minimum atomic E-state index is -0.678. The Labute approximate surface area is 109 Å². The molecule has 100 valence electrons. The fraction of sp³-hybridized carbons (Fsp3) is 0.400. The van der Waals surface area contributed by atoms with Gasteiger partial charge in [-0.1, -0.05) is 12.1 Å². The number of methoxy groups -OCH3 is 1. The van der Waals surface area contributed by atoms with Crippen LogP contribution >= 0.6 is 0 Å². The third-order valence-corrected chi connectivity index (χ3v) is 2.46. The topological polar surface area (TPSA) is 35.5 Å². The summed E-state index contributed by atoms with van der Waals surface area (Å²) >= 11 is 0. The molecule has 0 aromatic heterocycles. The Morgan fingerprint density at radius 2 is 1.83 bits per heavy atom. The summed E-state index contributed by atoms with van der Waals surface area (Å²) in [6.07, 6.45) is 0. The maximum absolute atomic E-state index is 11.1. The number of ether oxygens (including phenoxy) is 2. The molecule has 0 saturated heterocycles. The quantitative estimate of drug-likeness (QED) is 0.607. The van der Waals surface area contributed by atoms with Crippen LogP contribution in [0.1, 0.15) is 31.9 Å². The van der Waals surface area contributed by atoms with Gasteiger partial charge in [0.15, 0.2) is 0 Å². The largest absolute Gasteiger partial charge is 0.496 e. The monoisotopic (exact) mass is 250 g/mol. The first kappa shape index (κ1) is 16.2. The van der Waals surface area contributed by atoms with E-state index in [-0.39, 0.29) is 5.97 Å². The Morgan fingerprint density at radius 3 is 2.28 bits per heavy atom. The summed E-state index contributed by atoms with van der Waals surface area (Å²) in [6, 6.07) is 5.76. The maximum Gasteiger partial charge on any atom is 0.303 e. The van der Waals surface area contributed by atoms with Crippen LogP contribution in [0, 0.1) is 6.92 Å². The number of aryl methyl sites for hydroxylation is 1. The fourth-order valence-electron chi connectivity index (χ4n) is 1.99. The molecule has 0 atom stereocenters. The Hall–Kier alpha value is -1.77. The van der Waals surface area contributed by atoms with Gasteiger partial charge in [0.25, 0.3) is 0 Å². The molecule has 0 unspecified atom stereocenters. The average molecular weight is 250 g/mol. The molecule has 0 saturated carbocycles. The number of carbonyl (C=O) groups excluding carboxylic acids is 1. The minimum absolute atomic E-state index is 0.296. The average Bonchev–Trinajstić information content (AvgIpc) is 2.29.